The summed E-state index contributed by atoms with van der Waals surface area (Å²) in [4.78, 5) is 34.1. The summed E-state index contributed by atoms with van der Waals surface area (Å²) in [5.74, 6) is -3.52. The van der Waals surface area contributed by atoms with Gasteiger partial charge in [0.2, 0.25) is 5.78 Å². The van der Waals surface area contributed by atoms with E-state index in [1.165, 1.54) is 0 Å². The number of carbonyl (C=O) groups excluding carboxylic acids is 2. The highest BCUT2D eigenvalue weighted by Crippen LogP contribution is 2.19. The van der Waals surface area contributed by atoms with Crippen molar-refractivity contribution < 1.29 is 19.5 Å². The number of aliphatic carboxylic acids is 1. The second-order valence-electron chi connectivity index (χ2n) is 4.51. The fraction of sp³-hybridized carbons (Fsp3) is 0.357. The number of carboxylic acids is 1. The maximum Gasteiger partial charge on any atom is 0.372 e. The summed E-state index contributed by atoms with van der Waals surface area (Å²) < 4.78 is 0. The summed E-state index contributed by atoms with van der Waals surface area (Å²) in [5.41, 5.74) is 0.501. The first-order chi connectivity index (χ1) is 8.43. The van der Waals surface area contributed by atoms with E-state index in [1.54, 1.807) is 44.2 Å². The summed E-state index contributed by atoms with van der Waals surface area (Å²) in [5, 5.41) is 8.72. The minimum atomic E-state index is -1.48. The van der Waals surface area contributed by atoms with Gasteiger partial charge >= 0.3 is 5.97 Å². The van der Waals surface area contributed by atoms with Crippen LogP contribution in [0.2, 0.25) is 0 Å². The van der Waals surface area contributed by atoms with E-state index >= 15 is 0 Å². The van der Waals surface area contributed by atoms with E-state index < -0.39 is 17.7 Å². The van der Waals surface area contributed by atoms with Crippen molar-refractivity contribution in [2.45, 2.75) is 20.3 Å². The van der Waals surface area contributed by atoms with Crippen LogP contribution in [0.25, 0.3) is 0 Å². The Morgan fingerprint density at radius 2 is 1.67 bits per heavy atom. The summed E-state index contributed by atoms with van der Waals surface area (Å²) in [6.45, 7) is 3.48. The standard InChI is InChI=1S/C14H16O4/c1-9(2)11(13(16)14(17)18)8-12(15)10-6-4-3-5-7-10/h3-7,9,11H,8H2,1-2H3,(H,17,18). The average molecular weight is 248 g/mol. The first-order valence-electron chi connectivity index (χ1n) is 5.79. The Morgan fingerprint density at radius 3 is 2.11 bits per heavy atom. The lowest BCUT2D eigenvalue weighted by molar-refractivity contribution is -0.151. The van der Waals surface area contributed by atoms with E-state index in [2.05, 4.69) is 0 Å². The van der Waals surface area contributed by atoms with Gasteiger partial charge in [-0.05, 0) is 5.92 Å². The van der Waals surface area contributed by atoms with Crippen LogP contribution in [-0.2, 0) is 9.59 Å². The molecule has 0 saturated carbocycles. The van der Waals surface area contributed by atoms with Gasteiger partial charge in [0.15, 0.2) is 5.78 Å². The van der Waals surface area contributed by atoms with Gasteiger partial charge in [-0.2, -0.15) is 0 Å². The largest absolute Gasteiger partial charge is 0.475 e. The van der Waals surface area contributed by atoms with Crippen molar-refractivity contribution in [3.05, 3.63) is 35.9 Å². The van der Waals surface area contributed by atoms with E-state index in [-0.39, 0.29) is 18.1 Å². The van der Waals surface area contributed by atoms with E-state index in [0.717, 1.165) is 0 Å². The Labute approximate surface area is 106 Å². The van der Waals surface area contributed by atoms with Gasteiger partial charge in [0.25, 0.3) is 0 Å². The van der Waals surface area contributed by atoms with Crippen molar-refractivity contribution in [2.24, 2.45) is 11.8 Å². The molecule has 0 fully saturated rings. The zero-order valence-electron chi connectivity index (χ0n) is 10.4. The van der Waals surface area contributed by atoms with Crippen molar-refractivity contribution in [2.75, 3.05) is 0 Å². The SMILES string of the molecule is CC(C)C(CC(=O)c1ccccc1)C(=O)C(=O)O. The molecule has 0 spiro atoms. The topological polar surface area (TPSA) is 71.4 Å². The quantitative estimate of drug-likeness (QED) is 0.618. The molecule has 4 heteroatoms. The highest BCUT2D eigenvalue weighted by Gasteiger charge is 2.29. The number of Topliss-reactive ketones (excluding diaryl/α,β-unsaturated/α-hetero) is 2. The molecule has 1 N–H and O–H groups in total. The lowest BCUT2D eigenvalue weighted by Crippen LogP contribution is -2.29. The Kier molecular flexibility index (Phi) is 4.77. The van der Waals surface area contributed by atoms with Crippen LogP contribution in [0.15, 0.2) is 30.3 Å². The zero-order chi connectivity index (χ0) is 13.7. The van der Waals surface area contributed by atoms with Crippen LogP contribution in [0.4, 0.5) is 0 Å². The van der Waals surface area contributed by atoms with Gasteiger partial charge < -0.3 is 5.11 Å². The molecule has 1 atom stereocenters. The number of carboxylic acid groups (broad SMARTS) is 1. The fourth-order valence-corrected chi connectivity index (χ4v) is 1.73. The molecule has 18 heavy (non-hydrogen) atoms. The highest BCUT2D eigenvalue weighted by atomic mass is 16.4. The third kappa shape index (κ3) is 3.52. The molecular formula is C14H16O4. The first-order valence-corrected chi connectivity index (χ1v) is 5.79. The molecular weight excluding hydrogens is 232 g/mol. The second kappa shape index (κ2) is 6.10. The van der Waals surface area contributed by atoms with Crippen molar-refractivity contribution in [3.8, 4) is 0 Å². The van der Waals surface area contributed by atoms with Gasteiger partial charge in [-0.15, -0.1) is 0 Å². The zero-order valence-corrected chi connectivity index (χ0v) is 10.4. The Hall–Kier alpha value is -1.97. The van der Waals surface area contributed by atoms with Crippen LogP contribution in [-0.4, -0.2) is 22.6 Å². The van der Waals surface area contributed by atoms with Gasteiger partial charge in [-0.3, -0.25) is 9.59 Å². The number of ketones is 2. The third-order valence-corrected chi connectivity index (χ3v) is 2.85. The molecule has 0 heterocycles. The molecule has 1 unspecified atom stereocenters. The molecule has 1 aromatic rings. The third-order valence-electron chi connectivity index (χ3n) is 2.85. The van der Waals surface area contributed by atoms with Crippen LogP contribution in [0.3, 0.4) is 0 Å². The summed E-state index contributed by atoms with van der Waals surface area (Å²) in [7, 11) is 0. The van der Waals surface area contributed by atoms with E-state index in [9.17, 15) is 14.4 Å². The van der Waals surface area contributed by atoms with Crippen molar-refractivity contribution in [1.82, 2.24) is 0 Å². The number of benzene rings is 1. The number of hydrogen-bond donors (Lipinski definition) is 1. The van der Waals surface area contributed by atoms with Crippen LogP contribution in [0.5, 0.6) is 0 Å². The second-order valence-corrected chi connectivity index (χ2v) is 4.51. The molecule has 0 saturated heterocycles. The molecule has 4 nitrogen and oxygen atoms in total. The molecule has 0 bridgehead atoms. The number of hydrogen-bond acceptors (Lipinski definition) is 3. The first kappa shape index (κ1) is 14.1. The molecule has 1 aromatic carbocycles. The molecule has 0 aromatic heterocycles. The Balaban J connectivity index is 2.83. The molecule has 96 valence electrons. The summed E-state index contributed by atoms with van der Waals surface area (Å²) in [6.07, 6.45) is -0.0627. The minimum absolute atomic E-state index is 0.0627. The number of rotatable bonds is 6. The predicted molar refractivity (Wildman–Crippen MR) is 66.4 cm³/mol. The maximum absolute atomic E-state index is 11.9. The van der Waals surface area contributed by atoms with Gasteiger partial charge in [0, 0.05) is 17.9 Å². The Bertz CT molecular complexity index is 448. The van der Waals surface area contributed by atoms with Gasteiger partial charge in [-0.1, -0.05) is 44.2 Å². The smallest absolute Gasteiger partial charge is 0.372 e. The van der Waals surface area contributed by atoms with Crippen molar-refractivity contribution in [1.29, 1.82) is 0 Å². The molecule has 0 aliphatic carbocycles. The lowest BCUT2D eigenvalue weighted by atomic mass is 9.85. The number of carbonyl (C=O) groups is 3. The Morgan fingerprint density at radius 1 is 1.11 bits per heavy atom. The van der Waals surface area contributed by atoms with Gasteiger partial charge in [0.1, 0.15) is 0 Å². The normalized spacial score (nSPS) is 12.2. The predicted octanol–water partition coefficient (Wildman–Crippen LogP) is 2.19. The summed E-state index contributed by atoms with van der Waals surface area (Å²) in [6, 6.07) is 8.57. The molecule has 0 amide bonds. The van der Waals surface area contributed by atoms with E-state index in [4.69, 9.17) is 5.11 Å². The molecule has 1 rings (SSSR count). The lowest BCUT2D eigenvalue weighted by Gasteiger charge is -2.16. The van der Waals surface area contributed by atoms with Gasteiger partial charge in [0.05, 0.1) is 0 Å². The van der Waals surface area contributed by atoms with Crippen molar-refractivity contribution in [3.63, 3.8) is 0 Å². The van der Waals surface area contributed by atoms with E-state index in [0.29, 0.717) is 5.56 Å². The van der Waals surface area contributed by atoms with Crippen LogP contribution < -0.4 is 0 Å². The molecule has 0 aliphatic heterocycles. The summed E-state index contributed by atoms with van der Waals surface area (Å²) >= 11 is 0. The van der Waals surface area contributed by atoms with Gasteiger partial charge in [-0.25, -0.2) is 4.79 Å². The average Bonchev–Trinajstić information content (AvgIpc) is 2.35. The molecule has 0 radical (unpaired) electrons. The van der Waals surface area contributed by atoms with Crippen LogP contribution in [0, 0.1) is 11.8 Å². The van der Waals surface area contributed by atoms with E-state index in [1.807, 2.05) is 0 Å². The van der Waals surface area contributed by atoms with Crippen LogP contribution in [0.1, 0.15) is 30.6 Å². The maximum atomic E-state index is 11.9. The monoisotopic (exact) mass is 248 g/mol. The van der Waals surface area contributed by atoms with Crippen molar-refractivity contribution >= 4 is 17.5 Å². The fourth-order valence-electron chi connectivity index (χ4n) is 1.73. The molecule has 0 aliphatic rings. The highest BCUT2D eigenvalue weighted by molar-refractivity contribution is 6.34. The minimum Gasteiger partial charge on any atom is -0.475 e. The van der Waals surface area contributed by atoms with Crippen LogP contribution >= 0.6 is 0 Å².